The maximum Gasteiger partial charge on any atom is 0.191 e. The number of hydrogen-bond acceptors (Lipinski definition) is 5. The molecule has 1 aliphatic heterocycles. The van der Waals surface area contributed by atoms with Gasteiger partial charge in [-0.2, -0.15) is 0 Å². The quantitative estimate of drug-likeness (QED) is 0.263. The number of ether oxygens (including phenoxy) is 2. The molecule has 6 nitrogen and oxygen atoms in total. The zero-order chi connectivity index (χ0) is 21.0. The van der Waals surface area contributed by atoms with E-state index in [2.05, 4.69) is 53.0 Å². The van der Waals surface area contributed by atoms with Crippen molar-refractivity contribution in [1.82, 2.24) is 15.5 Å². The van der Waals surface area contributed by atoms with Gasteiger partial charge in [0.05, 0.1) is 19.8 Å². The number of nitrogens with zero attached hydrogens (tertiary/aromatic N) is 2. The van der Waals surface area contributed by atoms with Crippen LogP contribution in [0.4, 0.5) is 0 Å². The van der Waals surface area contributed by atoms with Gasteiger partial charge in [0.25, 0.3) is 0 Å². The highest BCUT2D eigenvalue weighted by Crippen LogP contribution is 2.20. The fourth-order valence-corrected chi connectivity index (χ4v) is 4.10. The number of rotatable bonds is 10. The van der Waals surface area contributed by atoms with E-state index >= 15 is 0 Å². The predicted octanol–water partition coefficient (Wildman–Crippen LogP) is 3.94. The molecule has 1 fully saturated rings. The predicted molar refractivity (Wildman–Crippen MR) is 140 cm³/mol. The number of aliphatic imine (C=N–C) groups is 1. The number of hydrogen-bond donors (Lipinski definition) is 2. The minimum Gasteiger partial charge on any atom is -0.492 e. The Morgan fingerprint density at radius 1 is 1.19 bits per heavy atom. The van der Waals surface area contributed by atoms with E-state index in [4.69, 9.17) is 14.5 Å². The molecular formula is C23H35IN4O2S. The van der Waals surface area contributed by atoms with E-state index in [0.717, 1.165) is 63.2 Å². The molecule has 0 aliphatic carbocycles. The average Bonchev–Trinajstić information content (AvgIpc) is 3.32. The average molecular weight is 559 g/mol. The molecule has 0 saturated carbocycles. The van der Waals surface area contributed by atoms with Crippen molar-refractivity contribution in [2.45, 2.75) is 26.3 Å². The second-order valence-electron chi connectivity index (χ2n) is 7.40. The van der Waals surface area contributed by atoms with E-state index < -0.39 is 0 Å². The van der Waals surface area contributed by atoms with Crippen LogP contribution >= 0.6 is 35.3 Å². The summed E-state index contributed by atoms with van der Waals surface area (Å²) in [6, 6.07) is 12.5. The smallest absolute Gasteiger partial charge is 0.191 e. The molecule has 8 heteroatoms. The highest BCUT2D eigenvalue weighted by Gasteiger charge is 2.11. The normalized spacial score (nSPS) is 15.7. The SMILES string of the molecule is CCNC(=NCc1ccccc1OCCN1CCOCC1)NCC(C)c1cccs1.I. The van der Waals surface area contributed by atoms with Gasteiger partial charge < -0.3 is 20.1 Å². The summed E-state index contributed by atoms with van der Waals surface area (Å²) in [5.74, 6) is 2.20. The lowest BCUT2D eigenvalue weighted by atomic mass is 10.1. The molecule has 1 unspecified atom stereocenters. The van der Waals surface area contributed by atoms with Crippen LogP contribution in [0.15, 0.2) is 46.8 Å². The van der Waals surface area contributed by atoms with Crippen LogP contribution in [0.5, 0.6) is 5.75 Å². The van der Waals surface area contributed by atoms with E-state index in [1.54, 1.807) is 11.3 Å². The molecule has 31 heavy (non-hydrogen) atoms. The van der Waals surface area contributed by atoms with Gasteiger partial charge in [-0.3, -0.25) is 4.90 Å². The van der Waals surface area contributed by atoms with Crippen LogP contribution in [-0.2, 0) is 11.3 Å². The molecule has 0 radical (unpaired) electrons. The van der Waals surface area contributed by atoms with Gasteiger partial charge in [0.2, 0.25) is 0 Å². The lowest BCUT2D eigenvalue weighted by Gasteiger charge is -2.26. The molecule has 1 atom stereocenters. The molecule has 172 valence electrons. The number of guanidine groups is 1. The lowest BCUT2D eigenvalue weighted by Crippen LogP contribution is -2.39. The molecule has 1 aromatic carbocycles. The van der Waals surface area contributed by atoms with Crippen LogP contribution in [0.1, 0.15) is 30.2 Å². The van der Waals surface area contributed by atoms with Crippen molar-refractivity contribution < 1.29 is 9.47 Å². The highest BCUT2D eigenvalue weighted by atomic mass is 127. The second-order valence-corrected chi connectivity index (χ2v) is 8.38. The maximum absolute atomic E-state index is 6.09. The Labute approximate surface area is 207 Å². The Bertz CT molecular complexity index is 767. The van der Waals surface area contributed by atoms with Gasteiger partial charge in [-0.25, -0.2) is 4.99 Å². The molecule has 0 amide bonds. The van der Waals surface area contributed by atoms with Gasteiger partial charge in [0.15, 0.2) is 5.96 Å². The third-order valence-electron chi connectivity index (χ3n) is 5.10. The summed E-state index contributed by atoms with van der Waals surface area (Å²) in [6.45, 7) is 11.8. The van der Waals surface area contributed by atoms with Gasteiger partial charge in [-0.1, -0.05) is 31.2 Å². The van der Waals surface area contributed by atoms with Crippen molar-refractivity contribution in [1.29, 1.82) is 0 Å². The summed E-state index contributed by atoms with van der Waals surface area (Å²) in [7, 11) is 0. The molecular weight excluding hydrogens is 523 g/mol. The van der Waals surface area contributed by atoms with Gasteiger partial charge in [0.1, 0.15) is 12.4 Å². The molecule has 0 spiro atoms. The van der Waals surface area contributed by atoms with Gasteiger partial charge in [0, 0.05) is 49.1 Å². The summed E-state index contributed by atoms with van der Waals surface area (Å²) in [5, 5.41) is 8.94. The molecule has 0 bridgehead atoms. The molecule has 2 aromatic rings. The number of thiophene rings is 1. The Kier molecular flexibility index (Phi) is 12.2. The standard InChI is InChI=1S/C23H34N4O2S.HI/c1-3-24-23(25-17-19(2)22-9-6-16-30-22)26-18-20-7-4-5-8-21(20)29-15-12-27-10-13-28-14-11-27;/h4-9,16,19H,3,10-15,17-18H2,1-2H3,(H2,24,25,26);1H. The first-order chi connectivity index (χ1) is 14.8. The highest BCUT2D eigenvalue weighted by molar-refractivity contribution is 14.0. The summed E-state index contributed by atoms with van der Waals surface area (Å²) < 4.78 is 11.5. The fourth-order valence-electron chi connectivity index (χ4n) is 3.31. The van der Waals surface area contributed by atoms with Crippen LogP contribution in [0.25, 0.3) is 0 Å². The van der Waals surface area contributed by atoms with Crippen molar-refractivity contribution in [3.63, 3.8) is 0 Å². The monoisotopic (exact) mass is 558 g/mol. The third kappa shape index (κ3) is 8.96. The largest absolute Gasteiger partial charge is 0.492 e. The van der Waals surface area contributed by atoms with Crippen LogP contribution in [-0.4, -0.2) is 63.4 Å². The summed E-state index contributed by atoms with van der Waals surface area (Å²) >= 11 is 1.80. The third-order valence-corrected chi connectivity index (χ3v) is 6.20. The first-order valence-electron chi connectivity index (χ1n) is 10.8. The van der Waals surface area contributed by atoms with Crippen LogP contribution in [0, 0.1) is 0 Å². The Balaban J connectivity index is 0.00000341. The maximum atomic E-state index is 6.09. The molecule has 1 aromatic heterocycles. The van der Waals surface area contributed by atoms with Gasteiger partial charge >= 0.3 is 0 Å². The minimum absolute atomic E-state index is 0. The molecule has 3 rings (SSSR count). The number of nitrogens with one attached hydrogen (secondary N) is 2. The van der Waals surface area contributed by atoms with E-state index in [-0.39, 0.29) is 24.0 Å². The summed E-state index contributed by atoms with van der Waals surface area (Å²) in [5.41, 5.74) is 1.10. The van der Waals surface area contributed by atoms with Crippen molar-refractivity contribution in [2.24, 2.45) is 4.99 Å². The summed E-state index contributed by atoms with van der Waals surface area (Å²) in [4.78, 5) is 8.55. The van der Waals surface area contributed by atoms with E-state index in [1.165, 1.54) is 4.88 Å². The van der Waals surface area contributed by atoms with E-state index in [1.807, 2.05) is 18.2 Å². The Morgan fingerprint density at radius 2 is 2.00 bits per heavy atom. The van der Waals surface area contributed by atoms with E-state index in [9.17, 15) is 0 Å². The van der Waals surface area contributed by atoms with Gasteiger partial charge in [-0.15, -0.1) is 35.3 Å². The van der Waals surface area contributed by atoms with Crippen LogP contribution in [0.2, 0.25) is 0 Å². The second kappa shape index (κ2) is 14.7. The number of benzene rings is 1. The summed E-state index contributed by atoms with van der Waals surface area (Å²) in [6.07, 6.45) is 0. The molecule has 1 saturated heterocycles. The van der Waals surface area contributed by atoms with Gasteiger partial charge in [-0.05, 0) is 24.4 Å². The van der Waals surface area contributed by atoms with Crippen molar-refractivity contribution in [3.05, 3.63) is 52.2 Å². The zero-order valence-corrected chi connectivity index (χ0v) is 21.7. The van der Waals surface area contributed by atoms with Crippen molar-refractivity contribution in [3.8, 4) is 5.75 Å². The number of para-hydroxylation sites is 1. The first-order valence-corrected chi connectivity index (χ1v) is 11.7. The molecule has 2 heterocycles. The van der Waals surface area contributed by atoms with Crippen molar-refractivity contribution in [2.75, 3.05) is 52.5 Å². The topological polar surface area (TPSA) is 58.1 Å². The zero-order valence-electron chi connectivity index (χ0n) is 18.5. The Morgan fingerprint density at radius 3 is 2.74 bits per heavy atom. The number of morpholine rings is 1. The molecule has 2 N–H and O–H groups in total. The van der Waals surface area contributed by atoms with Crippen LogP contribution < -0.4 is 15.4 Å². The fraction of sp³-hybridized carbons (Fsp3) is 0.522. The Hall–Kier alpha value is -1.36. The minimum atomic E-state index is 0. The number of halogens is 1. The van der Waals surface area contributed by atoms with E-state index in [0.29, 0.717) is 19.1 Å². The first kappa shape index (κ1) is 25.9. The van der Waals surface area contributed by atoms with Crippen molar-refractivity contribution >= 4 is 41.3 Å². The molecule has 1 aliphatic rings. The van der Waals surface area contributed by atoms with Crippen LogP contribution in [0.3, 0.4) is 0 Å². The lowest BCUT2D eigenvalue weighted by molar-refractivity contribution is 0.0322.